The second-order valence-corrected chi connectivity index (χ2v) is 5.11. The lowest BCUT2D eigenvalue weighted by Crippen LogP contribution is -2.59. The maximum absolute atomic E-state index is 12.1. The van der Waals surface area contributed by atoms with Crippen LogP contribution in [-0.4, -0.2) is 35.1 Å². The number of carbonyl (C=O) groups excluding carboxylic acids is 1. The number of carbonyl (C=O) groups is 2. The lowest BCUT2D eigenvalue weighted by atomic mass is 9.89. The Labute approximate surface area is 102 Å². The van der Waals surface area contributed by atoms with Crippen LogP contribution < -0.4 is 10.6 Å². The summed E-state index contributed by atoms with van der Waals surface area (Å²) >= 11 is 0. The van der Waals surface area contributed by atoms with Crippen molar-refractivity contribution >= 4 is 11.9 Å². The Bertz CT molecular complexity index is 298. The number of nitrogens with one attached hydrogen (secondary N) is 2. The molecule has 1 aliphatic heterocycles. The van der Waals surface area contributed by atoms with Crippen LogP contribution in [0.2, 0.25) is 0 Å². The summed E-state index contributed by atoms with van der Waals surface area (Å²) in [5, 5.41) is 14.9. The Morgan fingerprint density at radius 1 is 1.35 bits per heavy atom. The summed E-state index contributed by atoms with van der Waals surface area (Å²) in [6, 6.07) is -0.361. The monoisotopic (exact) mass is 242 g/mol. The molecule has 0 saturated carbocycles. The second kappa shape index (κ2) is 5.49. The van der Waals surface area contributed by atoms with Crippen LogP contribution in [-0.2, 0) is 9.59 Å². The quantitative estimate of drug-likeness (QED) is 0.679. The molecule has 0 aliphatic carbocycles. The normalized spacial score (nSPS) is 28.2. The molecule has 0 radical (unpaired) electrons. The van der Waals surface area contributed by atoms with Crippen LogP contribution >= 0.6 is 0 Å². The van der Waals surface area contributed by atoms with E-state index in [2.05, 4.69) is 10.6 Å². The smallest absolute Gasteiger partial charge is 0.308 e. The highest BCUT2D eigenvalue weighted by Gasteiger charge is 2.35. The fourth-order valence-corrected chi connectivity index (χ4v) is 1.95. The molecule has 0 aromatic rings. The van der Waals surface area contributed by atoms with Crippen LogP contribution in [0.1, 0.15) is 40.0 Å². The third-order valence-electron chi connectivity index (χ3n) is 3.62. The number of piperidine rings is 1. The van der Waals surface area contributed by atoms with Gasteiger partial charge in [0.15, 0.2) is 0 Å². The van der Waals surface area contributed by atoms with Crippen molar-refractivity contribution in [3.63, 3.8) is 0 Å². The number of amides is 1. The Balaban J connectivity index is 2.56. The Morgan fingerprint density at radius 2 is 2.00 bits per heavy atom. The first-order valence-corrected chi connectivity index (χ1v) is 6.15. The Hall–Kier alpha value is -1.10. The van der Waals surface area contributed by atoms with Gasteiger partial charge in [0, 0.05) is 6.04 Å². The SMILES string of the molecule is CC(NC(=O)C1(C)CCCCN1)C(C)C(=O)O. The standard InChI is InChI=1S/C12H22N2O3/c1-8(10(15)16)9(2)14-11(17)12(3)6-4-5-7-13-12/h8-9,13H,4-7H2,1-3H3,(H,14,17)(H,15,16). The van der Waals surface area contributed by atoms with E-state index in [4.69, 9.17) is 5.11 Å². The first-order valence-electron chi connectivity index (χ1n) is 6.15. The van der Waals surface area contributed by atoms with Gasteiger partial charge < -0.3 is 15.7 Å². The van der Waals surface area contributed by atoms with Crippen LogP contribution in [0.15, 0.2) is 0 Å². The van der Waals surface area contributed by atoms with E-state index in [1.807, 2.05) is 6.92 Å². The summed E-state index contributed by atoms with van der Waals surface area (Å²) in [5.41, 5.74) is -0.551. The van der Waals surface area contributed by atoms with Crippen molar-refractivity contribution in [1.82, 2.24) is 10.6 Å². The summed E-state index contributed by atoms with van der Waals surface area (Å²) < 4.78 is 0. The lowest BCUT2D eigenvalue weighted by Gasteiger charge is -2.35. The molecule has 3 N–H and O–H groups in total. The predicted octanol–water partition coefficient (Wildman–Crippen LogP) is 0.744. The highest BCUT2D eigenvalue weighted by Crippen LogP contribution is 2.19. The lowest BCUT2D eigenvalue weighted by molar-refractivity contribution is -0.142. The number of rotatable bonds is 4. The summed E-state index contributed by atoms with van der Waals surface area (Å²) in [6.45, 7) is 6.04. The molecule has 0 aromatic heterocycles. The average molecular weight is 242 g/mol. The van der Waals surface area contributed by atoms with E-state index in [0.29, 0.717) is 0 Å². The number of carboxylic acid groups (broad SMARTS) is 1. The van der Waals surface area contributed by atoms with Gasteiger partial charge >= 0.3 is 5.97 Å². The zero-order valence-electron chi connectivity index (χ0n) is 10.7. The summed E-state index contributed by atoms with van der Waals surface area (Å²) in [4.78, 5) is 22.9. The van der Waals surface area contributed by atoms with Crippen LogP contribution in [0.4, 0.5) is 0 Å². The molecule has 1 fully saturated rings. The van der Waals surface area contributed by atoms with Gasteiger partial charge in [0.2, 0.25) is 5.91 Å². The minimum Gasteiger partial charge on any atom is -0.481 e. The molecule has 3 unspecified atom stereocenters. The fourth-order valence-electron chi connectivity index (χ4n) is 1.95. The van der Waals surface area contributed by atoms with Gasteiger partial charge in [-0.3, -0.25) is 9.59 Å². The summed E-state index contributed by atoms with van der Waals surface area (Å²) in [7, 11) is 0. The predicted molar refractivity (Wildman–Crippen MR) is 64.7 cm³/mol. The van der Waals surface area contributed by atoms with Gasteiger partial charge in [-0.05, 0) is 46.6 Å². The van der Waals surface area contributed by atoms with Crippen molar-refractivity contribution in [2.75, 3.05) is 6.54 Å². The van der Waals surface area contributed by atoms with Gasteiger partial charge in [0.25, 0.3) is 0 Å². The summed E-state index contributed by atoms with van der Waals surface area (Å²) in [5.74, 6) is -1.57. The van der Waals surface area contributed by atoms with Gasteiger partial charge in [-0.2, -0.15) is 0 Å². The average Bonchev–Trinajstić information content (AvgIpc) is 2.28. The molecule has 98 valence electrons. The van der Waals surface area contributed by atoms with Gasteiger partial charge in [0.05, 0.1) is 11.5 Å². The van der Waals surface area contributed by atoms with Crippen LogP contribution in [0.3, 0.4) is 0 Å². The number of aliphatic carboxylic acids is 1. The van der Waals surface area contributed by atoms with Crippen LogP contribution in [0, 0.1) is 5.92 Å². The molecule has 0 aromatic carbocycles. The molecule has 1 amide bonds. The molecule has 1 rings (SSSR count). The topological polar surface area (TPSA) is 78.4 Å². The van der Waals surface area contributed by atoms with Gasteiger partial charge in [-0.25, -0.2) is 0 Å². The van der Waals surface area contributed by atoms with E-state index in [9.17, 15) is 9.59 Å². The fraction of sp³-hybridized carbons (Fsp3) is 0.833. The molecule has 5 nitrogen and oxygen atoms in total. The molecule has 1 saturated heterocycles. The van der Waals surface area contributed by atoms with E-state index >= 15 is 0 Å². The van der Waals surface area contributed by atoms with Crippen LogP contribution in [0.5, 0.6) is 0 Å². The third-order valence-corrected chi connectivity index (χ3v) is 3.62. The first-order chi connectivity index (χ1) is 7.87. The van der Waals surface area contributed by atoms with Crippen molar-refractivity contribution in [2.45, 2.75) is 51.6 Å². The molecule has 3 atom stereocenters. The highest BCUT2D eigenvalue weighted by molar-refractivity contribution is 5.86. The van der Waals surface area contributed by atoms with E-state index in [1.165, 1.54) is 0 Å². The molecular weight excluding hydrogens is 220 g/mol. The largest absolute Gasteiger partial charge is 0.481 e. The number of hydrogen-bond donors (Lipinski definition) is 3. The van der Waals surface area contributed by atoms with Crippen LogP contribution in [0.25, 0.3) is 0 Å². The van der Waals surface area contributed by atoms with E-state index in [-0.39, 0.29) is 11.9 Å². The zero-order valence-corrected chi connectivity index (χ0v) is 10.7. The molecule has 17 heavy (non-hydrogen) atoms. The maximum atomic E-state index is 12.1. The number of hydrogen-bond acceptors (Lipinski definition) is 3. The molecule has 1 aliphatic rings. The molecular formula is C12H22N2O3. The Kier molecular flexibility index (Phi) is 4.51. The van der Waals surface area contributed by atoms with Crippen molar-refractivity contribution in [3.05, 3.63) is 0 Å². The van der Waals surface area contributed by atoms with Gasteiger partial charge in [-0.1, -0.05) is 0 Å². The minimum atomic E-state index is -0.889. The van der Waals surface area contributed by atoms with E-state index in [0.717, 1.165) is 25.8 Å². The van der Waals surface area contributed by atoms with E-state index < -0.39 is 17.4 Å². The number of carboxylic acids is 1. The second-order valence-electron chi connectivity index (χ2n) is 5.11. The molecule has 1 heterocycles. The minimum absolute atomic E-state index is 0.0993. The maximum Gasteiger partial charge on any atom is 0.308 e. The van der Waals surface area contributed by atoms with Gasteiger partial charge in [-0.15, -0.1) is 0 Å². The Morgan fingerprint density at radius 3 is 2.47 bits per heavy atom. The molecule has 0 spiro atoms. The van der Waals surface area contributed by atoms with Gasteiger partial charge in [0.1, 0.15) is 0 Å². The highest BCUT2D eigenvalue weighted by atomic mass is 16.4. The first kappa shape index (κ1) is 14.0. The third kappa shape index (κ3) is 3.43. The van der Waals surface area contributed by atoms with E-state index in [1.54, 1.807) is 13.8 Å². The summed E-state index contributed by atoms with van der Waals surface area (Å²) in [6.07, 6.45) is 2.91. The molecule has 5 heteroatoms. The van der Waals surface area contributed by atoms with Crippen molar-refractivity contribution in [1.29, 1.82) is 0 Å². The van der Waals surface area contributed by atoms with Crippen molar-refractivity contribution in [2.24, 2.45) is 5.92 Å². The zero-order chi connectivity index (χ0) is 13.1. The van der Waals surface area contributed by atoms with Crippen molar-refractivity contribution in [3.8, 4) is 0 Å². The van der Waals surface area contributed by atoms with Crippen molar-refractivity contribution < 1.29 is 14.7 Å². The molecule has 0 bridgehead atoms.